The minimum Gasteiger partial charge on any atom is -0.508 e. The number of amides is 2. The molecule has 2 aromatic rings. The highest BCUT2D eigenvalue weighted by Gasteiger charge is 2.57. The number of nitrogens with zero attached hydrogens (tertiary/aromatic N) is 1. The molecule has 2 amide bonds. The SMILES string of the molecule is CC(=O)Nc1cccc(C(=O)N2CCC3(C)c4cccc(O)c4C[C@@H]2C3(C)C)c1. The highest BCUT2D eigenvalue weighted by atomic mass is 16.3. The maximum Gasteiger partial charge on any atom is 0.254 e. The zero-order chi connectivity index (χ0) is 21.0. The van der Waals surface area contributed by atoms with Crippen LogP contribution in [0, 0.1) is 5.41 Å². The van der Waals surface area contributed by atoms with Crippen LogP contribution in [0.4, 0.5) is 5.69 Å². The quantitative estimate of drug-likeness (QED) is 0.808. The fourth-order valence-electron chi connectivity index (χ4n) is 5.27. The number of hydrogen-bond acceptors (Lipinski definition) is 3. The van der Waals surface area contributed by atoms with E-state index >= 15 is 0 Å². The Morgan fingerprint density at radius 3 is 2.59 bits per heavy atom. The summed E-state index contributed by atoms with van der Waals surface area (Å²) in [6, 6.07) is 12.9. The number of piperidine rings is 1. The van der Waals surface area contributed by atoms with Gasteiger partial charge in [-0.1, -0.05) is 39.0 Å². The van der Waals surface area contributed by atoms with Crippen LogP contribution in [0.1, 0.15) is 55.6 Å². The lowest BCUT2D eigenvalue weighted by molar-refractivity contribution is -0.114. The summed E-state index contributed by atoms with van der Waals surface area (Å²) in [6.45, 7) is 8.85. The Hall–Kier alpha value is -2.82. The van der Waals surface area contributed by atoms with Crippen molar-refractivity contribution in [3.05, 3.63) is 59.2 Å². The predicted octanol–water partition coefficient (Wildman–Crippen LogP) is 4.11. The minimum atomic E-state index is -0.163. The third-order valence-corrected chi connectivity index (χ3v) is 7.32. The van der Waals surface area contributed by atoms with Crippen molar-refractivity contribution in [1.29, 1.82) is 0 Å². The number of phenolic OH excluding ortho intramolecular Hbond substituents is 1. The summed E-state index contributed by atoms with van der Waals surface area (Å²) in [5.41, 5.74) is 3.10. The molecule has 4 rings (SSSR count). The maximum absolute atomic E-state index is 13.5. The molecule has 1 heterocycles. The number of nitrogens with one attached hydrogen (secondary N) is 1. The third-order valence-electron chi connectivity index (χ3n) is 7.32. The first-order chi connectivity index (χ1) is 13.6. The Bertz CT molecular complexity index is 997. The Balaban J connectivity index is 1.72. The largest absolute Gasteiger partial charge is 0.508 e. The van der Waals surface area contributed by atoms with Gasteiger partial charge in [0.1, 0.15) is 5.75 Å². The van der Waals surface area contributed by atoms with E-state index in [-0.39, 0.29) is 28.7 Å². The zero-order valence-corrected chi connectivity index (χ0v) is 17.5. The van der Waals surface area contributed by atoms with Crippen LogP contribution in [-0.2, 0) is 16.6 Å². The highest BCUT2D eigenvalue weighted by molar-refractivity contribution is 5.97. The lowest BCUT2D eigenvalue weighted by Crippen LogP contribution is -2.64. The molecule has 29 heavy (non-hydrogen) atoms. The van der Waals surface area contributed by atoms with Gasteiger partial charge in [-0.15, -0.1) is 0 Å². The van der Waals surface area contributed by atoms with Crippen molar-refractivity contribution in [3.63, 3.8) is 0 Å². The second kappa shape index (κ2) is 6.61. The zero-order valence-electron chi connectivity index (χ0n) is 17.5. The molecule has 1 aliphatic carbocycles. The second-order valence-corrected chi connectivity index (χ2v) is 9.09. The fourth-order valence-corrected chi connectivity index (χ4v) is 5.27. The van der Waals surface area contributed by atoms with E-state index in [4.69, 9.17) is 0 Å². The topological polar surface area (TPSA) is 69.6 Å². The molecule has 0 aromatic heterocycles. The molecule has 0 spiro atoms. The molecule has 0 saturated carbocycles. The van der Waals surface area contributed by atoms with Crippen LogP contribution in [0.3, 0.4) is 0 Å². The molecule has 2 atom stereocenters. The third kappa shape index (κ3) is 2.91. The van der Waals surface area contributed by atoms with Crippen molar-refractivity contribution in [2.45, 2.75) is 52.0 Å². The normalized spacial score (nSPS) is 24.6. The number of rotatable bonds is 2. The van der Waals surface area contributed by atoms with E-state index < -0.39 is 0 Å². The molecule has 1 aliphatic heterocycles. The van der Waals surface area contributed by atoms with Gasteiger partial charge in [-0.25, -0.2) is 0 Å². The summed E-state index contributed by atoms with van der Waals surface area (Å²) in [7, 11) is 0. The van der Waals surface area contributed by atoms with E-state index in [1.165, 1.54) is 12.5 Å². The molecule has 2 bridgehead atoms. The first kappa shape index (κ1) is 19.5. The molecule has 2 N–H and O–H groups in total. The van der Waals surface area contributed by atoms with E-state index in [9.17, 15) is 14.7 Å². The molecule has 1 saturated heterocycles. The first-order valence-corrected chi connectivity index (χ1v) is 10.1. The van der Waals surface area contributed by atoms with Gasteiger partial charge in [0.15, 0.2) is 0 Å². The van der Waals surface area contributed by atoms with Gasteiger partial charge in [-0.3, -0.25) is 9.59 Å². The average Bonchev–Trinajstić information content (AvgIpc) is 2.64. The lowest BCUT2D eigenvalue weighted by Gasteiger charge is -2.60. The number of fused-ring (bicyclic) bond motifs is 4. The number of anilines is 1. The van der Waals surface area contributed by atoms with Gasteiger partial charge < -0.3 is 15.3 Å². The Labute approximate surface area is 171 Å². The Morgan fingerprint density at radius 2 is 1.86 bits per heavy atom. The summed E-state index contributed by atoms with van der Waals surface area (Å²) in [6.07, 6.45) is 1.48. The van der Waals surface area contributed by atoms with Crippen LogP contribution < -0.4 is 5.32 Å². The van der Waals surface area contributed by atoms with Gasteiger partial charge in [-0.05, 0) is 53.6 Å². The van der Waals surface area contributed by atoms with Gasteiger partial charge >= 0.3 is 0 Å². The molecule has 0 radical (unpaired) electrons. The molecule has 152 valence electrons. The molecule has 5 heteroatoms. The Morgan fingerprint density at radius 1 is 1.14 bits per heavy atom. The van der Waals surface area contributed by atoms with Crippen LogP contribution >= 0.6 is 0 Å². The van der Waals surface area contributed by atoms with E-state index in [2.05, 4.69) is 32.2 Å². The van der Waals surface area contributed by atoms with Crippen molar-refractivity contribution in [1.82, 2.24) is 4.90 Å². The summed E-state index contributed by atoms with van der Waals surface area (Å²) < 4.78 is 0. The number of carbonyl (C=O) groups is 2. The fraction of sp³-hybridized carbons (Fsp3) is 0.417. The Kier molecular flexibility index (Phi) is 4.45. The molecule has 2 aromatic carbocycles. The lowest BCUT2D eigenvalue weighted by atomic mass is 9.51. The van der Waals surface area contributed by atoms with E-state index in [0.717, 1.165) is 12.0 Å². The van der Waals surface area contributed by atoms with Gasteiger partial charge in [0, 0.05) is 36.2 Å². The van der Waals surface area contributed by atoms with Crippen molar-refractivity contribution in [2.24, 2.45) is 5.41 Å². The molecule has 1 fully saturated rings. The number of hydrogen-bond donors (Lipinski definition) is 2. The highest BCUT2D eigenvalue weighted by Crippen LogP contribution is 2.57. The minimum absolute atomic E-state index is 0.0148. The van der Waals surface area contributed by atoms with Crippen LogP contribution in [-0.4, -0.2) is 34.4 Å². The summed E-state index contributed by atoms with van der Waals surface area (Å²) in [4.78, 5) is 26.8. The summed E-state index contributed by atoms with van der Waals surface area (Å²) in [5, 5.41) is 13.3. The number of benzene rings is 2. The van der Waals surface area contributed by atoms with Crippen LogP contribution in [0.5, 0.6) is 5.75 Å². The molecule has 1 unspecified atom stereocenters. The molecular weight excluding hydrogens is 364 g/mol. The molecular formula is C24H28N2O3. The predicted molar refractivity (Wildman–Crippen MR) is 113 cm³/mol. The number of carbonyl (C=O) groups excluding carboxylic acids is 2. The molecule has 2 aliphatic rings. The van der Waals surface area contributed by atoms with E-state index in [1.54, 1.807) is 30.3 Å². The average molecular weight is 392 g/mol. The van der Waals surface area contributed by atoms with Crippen LogP contribution in [0.2, 0.25) is 0 Å². The van der Waals surface area contributed by atoms with Gasteiger partial charge in [-0.2, -0.15) is 0 Å². The standard InChI is InChI=1S/C24H28N2O3/c1-15(27)25-17-8-5-7-16(13-17)22(29)26-12-11-24(4)19-9-6-10-20(28)18(19)14-21(26)23(24,2)3/h5-10,13,21,28H,11-12,14H2,1-4H3,(H,25,27)/t21-,24?/m1/s1. The monoisotopic (exact) mass is 392 g/mol. The summed E-state index contributed by atoms with van der Waals surface area (Å²) >= 11 is 0. The second-order valence-electron chi connectivity index (χ2n) is 9.09. The van der Waals surface area contributed by atoms with Gasteiger partial charge in [0.2, 0.25) is 5.91 Å². The number of aromatic hydroxyl groups is 1. The van der Waals surface area contributed by atoms with Crippen LogP contribution in [0.25, 0.3) is 0 Å². The van der Waals surface area contributed by atoms with E-state index in [1.807, 2.05) is 11.0 Å². The molecule has 5 nitrogen and oxygen atoms in total. The van der Waals surface area contributed by atoms with Crippen LogP contribution in [0.15, 0.2) is 42.5 Å². The van der Waals surface area contributed by atoms with Crippen molar-refractivity contribution >= 4 is 17.5 Å². The van der Waals surface area contributed by atoms with E-state index in [0.29, 0.717) is 30.0 Å². The van der Waals surface area contributed by atoms with Gasteiger partial charge in [0.05, 0.1) is 0 Å². The van der Waals surface area contributed by atoms with Crippen molar-refractivity contribution in [3.8, 4) is 5.75 Å². The van der Waals surface area contributed by atoms with Crippen molar-refractivity contribution in [2.75, 3.05) is 11.9 Å². The maximum atomic E-state index is 13.5. The number of likely N-dealkylation sites (tertiary alicyclic amines) is 1. The number of phenols is 1. The van der Waals surface area contributed by atoms with Gasteiger partial charge in [0.25, 0.3) is 5.91 Å². The first-order valence-electron chi connectivity index (χ1n) is 10.1. The smallest absolute Gasteiger partial charge is 0.254 e. The van der Waals surface area contributed by atoms with Crippen molar-refractivity contribution < 1.29 is 14.7 Å². The summed E-state index contributed by atoms with van der Waals surface area (Å²) in [5.74, 6) is 0.121.